The number of amides is 1. The first-order chi connectivity index (χ1) is 9.25. The van der Waals surface area contributed by atoms with Gasteiger partial charge in [-0.3, -0.25) is 9.10 Å². The normalized spacial score (nSPS) is 11.4. The maximum Gasteiger partial charge on any atom is 0.251 e. The molecule has 112 valence electrons. The second-order valence-electron chi connectivity index (χ2n) is 5.08. The molecule has 0 heterocycles. The fourth-order valence-electron chi connectivity index (χ4n) is 1.79. The van der Waals surface area contributed by atoms with Crippen molar-refractivity contribution >= 4 is 21.6 Å². The van der Waals surface area contributed by atoms with Crippen LogP contribution in [0.4, 0.5) is 5.69 Å². The molecule has 5 nitrogen and oxygen atoms in total. The van der Waals surface area contributed by atoms with E-state index in [0.29, 0.717) is 30.3 Å². The Morgan fingerprint density at radius 3 is 2.20 bits per heavy atom. The molecule has 20 heavy (non-hydrogen) atoms. The quantitative estimate of drug-likeness (QED) is 0.871. The molecule has 0 bridgehead atoms. The lowest BCUT2D eigenvalue weighted by Crippen LogP contribution is -2.30. The number of hydrogen-bond acceptors (Lipinski definition) is 3. The molecule has 0 aliphatic rings. The highest BCUT2D eigenvalue weighted by Gasteiger charge is 2.15. The van der Waals surface area contributed by atoms with Crippen molar-refractivity contribution in [2.24, 2.45) is 5.92 Å². The van der Waals surface area contributed by atoms with Crippen LogP contribution in [0.1, 0.15) is 31.1 Å². The SMILES string of the molecule is CCN(c1ccc(C(=O)NCC(C)C)cc1)S(C)(=O)=O. The van der Waals surface area contributed by atoms with Crippen molar-refractivity contribution in [2.75, 3.05) is 23.7 Å². The van der Waals surface area contributed by atoms with E-state index in [1.54, 1.807) is 31.2 Å². The number of hydrogen-bond donors (Lipinski definition) is 1. The van der Waals surface area contributed by atoms with E-state index in [4.69, 9.17) is 0 Å². The molecule has 0 saturated heterocycles. The van der Waals surface area contributed by atoms with Gasteiger partial charge in [0.05, 0.1) is 11.9 Å². The van der Waals surface area contributed by atoms with Crippen LogP contribution in [-0.4, -0.2) is 33.7 Å². The Morgan fingerprint density at radius 1 is 1.25 bits per heavy atom. The molecule has 0 saturated carbocycles. The zero-order chi connectivity index (χ0) is 15.3. The summed E-state index contributed by atoms with van der Waals surface area (Å²) in [4.78, 5) is 11.9. The van der Waals surface area contributed by atoms with Gasteiger partial charge in [-0.2, -0.15) is 0 Å². The second-order valence-corrected chi connectivity index (χ2v) is 6.99. The van der Waals surface area contributed by atoms with Crippen molar-refractivity contribution in [3.8, 4) is 0 Å². The molecular formula is C14H22N2O3S. The van der Waals surface area contributed by atoms with Crippen molar-refractivity contribution in [2.45, 2.75) is 20.8 Å². The number of carbonyl (C=O) groups excluding carboxylic acids is 1. The third-order valence-corrected chi connectivity index (χ3v) is 4.05. The highest BCUT2D eigenvalue weighted by atomic mass is 32.2. The number of anilines is 1. The van der Waals surface area contributed by atoms with Gasteiger partial charge in [0.25, 0.3) is 5.91 Å². The van der Waals surface area contributed by atoms with Crippen LogP contribution in [0.15, 0.2) is 24.3 Å². The van der Waals surface area contributed by atoms with Gasteiger partial charge in [0.15, 0.2) is 0 Å². The van der Waals surface area contributed by atoms with Crippen molar-refractivity contribution < 1.29 is 13.2 Å². The first kappa shape index (κ1) is 16.5. The van der Waals surface area contributed by atoms with Crippen LogP contribution in [-0.2, 0) is 10.0 Å². The van der Waals surface area contributed by atoms with Crippen LogP contribution in [0.25, 0.3) is 0 Å². The van der Waals surface area contributed by atoms with Crippen LogP contribution < -0.4 is 9.62 Å². The minimum absolute atomic E-state index is 0.146. The van der Waals surface area contributed by atoms with E-state index >= 15 is 0 Å². The average Bonchev–Trinajstić information content (AvgIpc) is 2.36. The van der Waals surface area contributed by atoms with Gasteiger partial charge in [-0.1, -0.05) is 13.8 Å². The molecule has 0 unspecified atom stereocenters. The van der Waals surface area contributed by atoms with Crippen molar-refractivity contribution in [3.63, 3.8) is 0 Å². The Bertz CT molecular complexity index is 550. The van der Waals surface area contributed by atoms with Gasteiger partial charge < -0.3 is 5.32 Å². The monoisotopic (exact) mass is 298 g/mol. The Hall–Kier alpha value is -1.56. The van der Waals surface area contributed by atoms with Crippen LogP contribution in [0, 0.1) is 5.92 Å². The number of carbonyl (C=O) groups is 1. The Labute approximate surface area is 121 Å². The molecule has 0 aliphatic carbocycles. The number of sulfonamides is 1. The summed E-state index contributed by atoms with van der Waals surface area (Å²) in [6.07, 6.45) is 1.17. The predicted octanol–water partition coefficient (Wildman–Crippen LogP) is 1.86. The van der Waals surface area contributed by atoms with E-state index in [9.17, 15) is 13.2 Å². The van der Waals surface area contributed by atoms with E-state index in [1.807, 2.05) is 13.8 Å². The van der Waals surface area contributed by atoms with Crippen molar-refractivity contribution in [3.05, 3.63) is 29.8 Å². The first-order valence-corrected chi connectivity index (χ1v) is 8.46. The fraction of sp³-hybridized carbons (Fsp3) is 0.500. The number of rotatable bonds is 6. The molecule has 0 fully saturated rings. The second kappa shape index (κ2) is 6.74. The van der Waals surface area contributed by atoms with Crippen molar-refractivity contribution in [1.82, 2.24) is 5.32 Å². The zero-order valence-electron chi connectivity index (χ0n) is 12.4. The first-order valence-electron chi connectivity index (χ1n) is 6.61. The summed E-state index contributed by atoms with van der Waals surface area (Å²) in [5.41, 5.74) is 1.09. The lowest BCUT2D eigenvalue weighted by Gasteiger charge is -2.20. The highest BCUT2D eigenvalue weighted by molar-refractivity contribution is 7.92. The smallest absolute Gasteiger partial charge is 0.251 e. The van der Waals surface area contributed by atoms with Gasteiger partial charge in [0.1, 0.15) is 0 Å². The van der Waals surface area contributed by atoms with Crippen LogP contribution in [0.5, 0.6) is 0 Å². The summed E-state index contributed by atoms with van der Waals surface area (Å²) < 4.78 is 24.5. The Balaban J connectivity index is 2.86. The molecule has 0 aliphatic heterocycles. The predicted molar refractivity (Wildman–Crippen MR) is 81.5 cm³/mol. The van der Waals surface area contributed by atoms with E-state index in [1.165, 1.54) is 10.6 Å². The molecule has 6 heteroatoms. The molecule has 1 aromatic rings. The van der Waals surface area contributed by atoms with Crippen LogP contribution in [0.2, 0.25) is 0 Å². The third kappa shape index (κ3) is 4.52. The lowest BCUT2D eigenvalue weighted by molar-refractivity contribution is 0.0949. The molecule has 0 atom stereocenters. The minimum atomic E-state index is -3.29. The Morgan fingerprint density at radius 2 is 1.80 bits per heavy atom. The molecule has 0 aromatic heterocycles. The van der Waals surface area contributed by atoms with E-state index < -0.39 is 10.0 Å². The lowest BCUT2D eigenvalue weighted by atomic mass is 10.1. The average molecular weight is 298 g/mol. The molecule has 0 radical (unpaired) electrons. The van der Waals surface area contributed by atoms with E-state index in [2.05, 4.69) is 5.32 Å². The number of benzene rings is 1. The number of nitrogens with one attached hydrogen (secondary N) is 1. The van der Waals surface area contributed by atoms with Gasteiger partial charge in [-0.15, -0.1) is 0 Å². The summed E-state index contributed by atoms with van der Waals surface area (Å²) in [6, 6.07) is 6.57. The van der Waals surface area contributed by atoms with E-state index in [0.717, 1.165) is 0 Å². The standard InChI is InChI=1S/C14H22N2O3S/c1-5-16(20(4,18)19)13-8-6-12(7-9-13)14(17)15-10-11(2)3/h6-9,11H,5,10H2,1-4H3,(H,15,17). The van der Waals surface area contributed by atoms with Gasteiger partial charge in [0.2, 0.25) is 10.0 Å². The largest absolute Gasteiger partial charge is 0.352 e. The molecule has 1 rings (SSSR count). The van der Waals surface area contributed by atoms with Crippen LogP contribution >= 0.6 is 0 Å². The summed E-state index contributed by atoms with van der Waals surface area (Å²) in [5, 5.41) is 2.82. The topological polar surface area (TPSA) is 66.5 Å². The minimum Gasteiger partial charge on any atom is -0.352 e. The fourth-order valence-corrected chi connectivity index (χ4v) is 2.76. The molecule has 1 N–H and O–H groups in total. The Kier molecular flexibility index (Phi) is 5.56. The summed E-state index contributed by atoms with van der Waals surface area (Å²) in [5.74, 6) is 0.242. The molecule has 0 spiro atoms. The van der Waals surface area contributed by atoms with Gasteiger partial charge >= 0.3 is 0 Å². The summed E-state index contributed by atoms with van der Waals surface area (Å²) in [7, 11) is -3.29. The summed E-state index contributed by atoms with van der Waals surface area (Å²) in [6.45, 7) is 6.79. The third-order valence-electron chi connectivity index (χ3n) is 2.78. The van der Waals surface area contributed by atoms with Gasteiger partial charge in [-0.25, -0.2) is 8.42 Å². The van der Waals surface area contributed by atoms with E-state index in [-0.39, 0.29) is 5.91 Å². The molecule has 1 aromatic carbocycles. The molecular weight excluding hydrogens is 276 g/mol. The van der Waals surface area contributed by atoms with Gasteiger partial charge in [0, 0.05) is 18.7 Å². The zero-order valence-corrected chi connectivity index (χ0v) is 13.2. The maximum absolute atomic E-state index is 11.9. The highest BCUT2D eigenvalue weighted by Crippen LogP contribution is 2.17. The maximum atomic E-state index is 11.9. The molecule has 1 amide bonds. The van der Waals surface area contributed by atoms with Gasteiger partial charge in [-0.05, 0) is 37.1 Å². The number of nitrogens with zero attached hydrogens (tertiary/aromatic N) is 1. The van der Waals surface area contributed by atoms with Crippen LogP contribution in [0.3, 0.4) is 0 Å². The van der Waals surface area contributed by atoms with Crippen molar-refractivity contribution in [1.29, 1.82) is 0 Å². The summed E-state index contributed by atoms with van der Waals surface area (Å²) >= 11 is 0.